The summed E-state index contributed by atoms with van der Waals surface area (Å²) in [5.41, 5.74) is 0. The van der Waals surface area contributed by atoms with E-state index >= 15 is 0 Å². The van der Waals surface area contributed by atoms with Gasteiger partial charge in [0.2, 0.25) is 0 Å². The normalized spacial score (nSPS) is 16.8. The summed E-state index contributed by atoms with van der Waals surface area (Å²) < 4.78 is 56.8. The van der Waals surface area contributed by atoms with Gasteiger partial charge in [0.05, 0.1) is 0 Å². The summed E-state index contributed by atoms with van der Waals surface area (Å²) in [6.45, 7) is -2.06. The third kappa shape index (κ3) is 14.0. The van der Waals surface area contributed by atoms with Gasteiger partial charge in [0.25, 0.3) is 0 Å². The molecule has 0 heterocycles. The first kappa shape index (κ1) is 14.6. The van der Waals surface area contributed by atoms with Gasteiger partial charge in [-0.05, 0) is 0 Å². The molecule has 0 rings (SSSR count). The number of hydrogen-bond donors (Lipinski definition) is 1. The molecule has 9 heteroatoms. The van der Waals surface area contributed by atoms with Crippen molar-refractivity contribution in [1.29, 1.82) is 0 Å². The molecule has 66 valence electrons. The summed E-state index contributed by atoms with van der Waals surface area (Å²) in [6.07, 6.45) is -4.79. The Labute approximate surface area is 92.3 Å². The zero-order valence-electron chi connectivity index (χ0n) is 7.14. The van der Waals surface area contributed by atoms with Gasteiger partial charge in [-0.25, -0.2) is 4.57 Å². The van der Waals surface area contributed by atoms with Gasteiger partial charge in [-0.3, -0.25) is 9.42 Å². The van der Waals surface area contributed by atoms with Crippen LogP contribution in [-0.4, -0.2) is 55.4 Å². The Balaban J connectivity index is -0.000000135. The first-order valence-corrected chi connectivity index (χ1v) is 3.41. The van der Waals surface area contributed by atoms with Crippen molar-refractivity contribution in [2.75, 3.05) is 6.61 Å². The van der Waals surface area contributed by atoms with Gasteiger partial charge in [-0.15, -0.1) is 4.20 Å². The van der Waals surface area contributed by atoms with Gasteiger partial charge in [0, 0.05) is 0 Å². The van der Waals surface area contributed by atoms with E-state index in [1.54, 1.807) is 0 Å². The fourth-order valence-electron chi connectivity index (χ4n) is 0.153. The minimum Gasteiger partial charge on any atom is -1.00 e. The predicted octanol–water partition coefficient (Wildman–Crippen LogP) is 1.48. The number of hydrogen-bond acceptors (Lipinski definition) is 2. The van der Waals surface area contributed by atoms with Crippen molar-refractivity contribution in [1.82, 2.24) is 0 Å². The van der Waals surface area contributed by atoms with Crippen LogP contribution in [0, 0.1) is 0 Å². The van der Waals surface area contributed by atoms with Crippen LogP contribution in [0.1, 0.15) is 2.85 Å². The van der Waals surface area contributed by atoms with Crippen molar-refractivity contribution >= 4 is 45.6 Å². The first-order chi connectivity index (χ1) is 4.21. The summed E-state index contributed by atoms with van der Waals surface area (Å²) >= 11 is 0. The van der Waals surface area contributed by atoms with E-state index in [1.807, 2.05) is 0 Å². The van der Waals surface area contributed by atoms with E-state index in [2.05, 4.69) is 4.52 Å². The van der Waals surface area contributed by atoms with Crippen molar-refractivity contribution in [2.45, 2.75) is 6.18 Å². The zero-order valence-corrected chi connectivity index (χ0v) is 8.24. The van der Waals surface area contributed by atoms with Crippen LogP contribution < -0.4 is 0 Å². The quantitative estimate of drug-likeness (QED) is 0.439. The van der Waals surface area contributed by atoms with Crippen molar-refractivity contribution < 1.29 is 34.2 Å². The van der Waals surface area contributed by atoms with Crippen LogP contribution in [-0.2, 0) is 9.09 Å². The van der Waals surface area contributed by atoms with Gasteiger partial charge in [0.1, 0.15) is 0 Å². The minimum atomic E-state index is -5.48. The standard InChI is InChI=1S/C2H3F4O3P.Ca.2H/c3-2(4,5)1-9-10(6,7)8;;;/h1H2,(H,7,8);;;/q;+2;2*-1. The molecular formula is C2H5CaF4O3P. The molecule has 1 N–H and O–H groups in total. The topological polar surface area (TPSA) is 46.5 Å². The van der Waals surface area contributed by atoms with Crippen molar-refractivity contribution in [3.63, 3.8) is 0 Å². The van der Waals surface area contributed by atoms with E-state index in [1.165, 1.54) is 0 Å². The second-order valence-corrected chi connectivity index (χ2v) is 2.50. The molecule has 0 bridgehead atoms. The second kappa shape index (κ2) is 4.99. The summed E-state index contributed by atoms with van der Waals surface area (Å²) in [4.78, 5) is 7.55. The maximum Gasteiger partial charge on any atom is 2.00 e. The Kier molecular flexibility index (Phi) is 6.64. The monoisotopic (exact) mass is 224 g/mol. The van der Waals surface area contributed by atoms with Crippen LogP contribution in [0.2, 0.25) is 0 Å². The molecule has 0 saturated heterocycles. The zero-order chi connectivity index (χ0) is 8.41. The maximum absolute atomic E-state index is 11.3. The van der Waals surface area contributed by atoms with Crippen LogP contribution in [0.25, 0.3) is 0 Å². The molecule has 0 spiro atoms. The van der Waals surface area contributed by atoms with E-state index < -0.39 is 20.7 Å². The summed E-state index contributed by atoms with van der Waals surface area (Å²) in [5.74, 6) is 0. The van der Waals surface area contributed by atoms with Crippen LogP contribution in [0.5, 0.6) is 0 Å². The van der Waals surface area contributed by atoms with Gasteiger partial charge < -0.3 is 2.85 Å². The third-order valence-corrected chi connectivity index (χ3v) is 0.835. The molecule has 0 aliphatic rings. The Morgan fingerprint density at radius 3 is 2.00 bits per heavy atom. The van der Waals surface area contributed by atoms with Crippen LogP contribution in [0.15, 0.2) is 0 Å². The fourth-order valence-corrected chi connectivity index (χ4v) is 0.458. The van der Waals surface area contributed by atoms with Crippen LogP contribution in [0.3, 0.4) is 0 Å². The van der Waals surface area contributed by atoms with E-state index in [-0.39, 0.29) is 40.6 Å². The van der Waals surface area contributed by atoms with E-state index in [0.717, 1.165) is 0 Å². The van der Waals surface area contributed by atoms with Crippen molar-refractivity contribution in [2.24, 2.45) is 0 Å². The van der Waals surface area contributed by atoms with Crippen LogP contribution >= 0.6 is 7.91 Å². The molecule has 0 aliphatic carbocycles. The Bertz CT molecular complexity index is 160. The molecule has 1 unspecified atom stereocenters. The SMILES string of the molecule is O=P(O)(F)OCC(F)(F)F.[Ca+2].[H-].[H-]. The second-order valence-electron chi connectivity index (χ2n) is 1.34. The molecule has 0 fully saturated rings. The van der Waals surface area contributed by atoms with Gasteiger partial charge >= 0.3 is 51.8 Å². The molecule has 0 amide bonds. The van der Waals surface area contributed by atoms with E-state index in [9.17, 15) is 21.9 Å². The Morgan fingerprint density at radius 1 is 1.55 bits per heavy atom. The molecular weight excluding hydrogens is 219 g/mol. The molecule has 1 atom stereocenters. The van der Waals surface area contributed by atoms with E-state index in [0.29, 0.717) is 0 Å². The maximum atomic E-state index is 11.3. The van der Waals surface area contributed by atoms with Crippen molar-refractivity contribution in [3.8, 4) is 0 Å². The molecule has 0 aliphatic heterocycles. The molecule has 0 aromatic heterocycles. The average molecular weight is 224 g/mol. The molecule has 0 aromatic rings. The fraction of sp³-hybridized carbons (Fsp3) is 1.00. The minimum absolute atomic E-state index is 0. The summed E-state index contributed by atoms with van der Waals surface area (Å²) in [7, 11) is -5.48. The number of halogens is 4. The van der Waals surface area contributed by atoms with Crippen molar-refractivity contribution in [3.05, 3.63) is 0 Å². The predicted molar refractivity (Wildman–Crippen MR) is 30.9 cm³/mol. The van der Waals surface area contributed by atoms with Gasteiger partial charge in [-0.2, -0.15) is 13.2 Å². The molecule has 11 heavy (non-hydrogen) atoms. The van der Waals surface area contributed by atoms with Crippen LogP contribution in [0.4, 0.5) is 17.4 Å². The van der Waals surface area contributed by atoms with E-state index in [4.69, 9.17) is 4.89 Å². The Morgan fingerprint density at radius 2 is 1.91 bits per heavy atom. The molecule has 0 saturated carbocycles. The number of rotatable bonds is 2. The largest absolute Gasteiger partial charge is 2.00 e. The summed E-state index contributed by atoms with van der Waals surface area (Å²) in [5, 5.41) is 0. The summed E-state index contributed by atoms with van der Waals surface area (Å²) in [6, 6.07) is 0. The molecule has 3 nitrogen and oxygen atoms in total. The average Bonchev–Trinajstić information content (AvgIpc) is 1.57. The number of alkyl halides is 3. The van der Waals surface area contributed by atoms with Gasteiger partial charge in [-0.1, -0.05) is 0 Å². The molecule has 0 aromatic carbocycles. The first-order valence-electron chi connectivity index (χ1n) is 1.94. The Hall–Kier alpha value is 1.13. The van der Waals surface area contributed by atoms with Gasteiger partial charge in [0.15, 0.2) is 6.61 Å². The molecule has 0 radical (unpaired) electrons. The third-order valence-electron chi connectivity index (χ3n) is 0.387. The smallest absolute Gasteiger partial charge is 1.00 e.